The maximum Gasteiger partial charge on any atom is 0.250 e. The first kappa shape index (κ1) is 19.6. The predicted octanol–water partition coefficient (Wildman–Crippen LogP) is 1.65. The van der Waals surface area contributed by atoms with Gasteiger partial charge in [-0.05, 0) is 38.0 Å². The van der Waals surface area contributed by atoms with Gasteiger partial charge in [-0.15, -0.1) is 0 Å². The second-order valence-corrected chi connectivity index (χ2v) is 9.06. The van der Waals surface area contributed by atoms with E-state index in [0.29, 0.717) is 11.3 Å². The molecule has 1 saturated carbocycles. The third-order valence-electron chi connectivity index (χ3n) is 7.36. The van der Waals surface area contributed by atoms with Crippen LogP contribution in [0.15, 0.2) is 18.2 Å². The minimum absolute atomic E-state index is 0.179. The molecule has 3 aliphatic heterocycles. The van der Waals surface area contributed by atoms with Crippen molar-refractivity contribution in [2.75, 3.05) is 5.32 Å². The summed E-state index contributed by atoms with van der Waals surface area (Å²) in [6.07, 6.45) is 4.62. The summed E-state index contributed by atoms with van der Waals surface area (Å²) >= 11 is 0. The Labute approximate surface area is 174 Å². The van der Waals surface area contributed by atoms with Gasteiger partial charge in [0.2, 0.25) is 17.7 Å². The highest BCUT2D eigenvalue weighted by molar-refractivity contribution is 6.15. The predicted molar refractivity (Wildman–Crippen MR) is 106 cm³/mol. The van der Waals surface area contributed by atoms with Crippen LogP contribution in [0.5, 0.6) is 0 Å². The first-order chi connectivity index (χ1) is 14.4. The van der Waals surface area contributed by atoms with Crippen molar-refractivity contribution < 1.29 is 23.9 Å². The summed E-state index contributed by atoms with van der Waals surface area (Å²) in [4.78, 5) is 41.8. The largest absolute Gasteiger partial charge is 0.392 e. The van der Waals surface area contributed by atoms with Gasteiger partial charge in [0.25, 0.3) is 0 Å². The highest BCUT2D eigenvalue weighted by Crippen LogP contribution is 2.54. The summed E-state index contributed by atoms with van der Waals surface area (Å²) in [5.74, 6) is -3.59. The van der Waals surface area contributed by atoms with Gasteiger partial charge >= 0.3 is 0 Å². The van der Waals surface area contributed by atoms with Crippen molar-refractivity contribution in [3.63, 3.8) is 0 Å². The monoisotopic (exact) mass is 415 g/mol. The van der Waals surface area contributed by atoms with E-state index >= 15 is 0 Å². The van der Waals surface area contributed by atoms with Gasteiger partial charge in [0, 0.05) is 23.3 Å². The molecule has 7 nitrogen and oxygen atoms in total. The molecule has 0 radical (unpaired) electrons. The molecular formula is C22H26FN3O4. The Hall–Kier alpha value is -2.32. The number of rotatable bonds is 2. The van der Waals surface area contributed by atoms with Crippen molar-refractivity contribution in [2.24, 2.45) is 11.8 Å². The van der Waals surface area contributed by atoms with Crippen molar-refractivity contribution in [2.45, 2.75) is 69.2 Å². The Balaban J connectivity index is 1.63. The molecule has 5 unspecified atom stereocenters. The summed E-state index contributed by atoms with van der Waals surface area (Å²) in [5, 5.41) is 16.3. The number of benzene rings is 1. The van der Waals surface area contributed by atoms with Gasteiger partial charge in [0.05, 0.1) is 17.9 Å². The first-order valence-corrected chi connectivity index (χ1v) is 10.8. The quantitative estimate of drug-likeness (QED) is 0.504. The fourth-order valence-corrected chi connectivity index (χ4v) is 6.02. The van der Waals surface area contributed by atoms with Crippen molar-refractivity contribution in [1.29, 1.82) is 0 Å². The number of fused-ring (bicyclic) bond motifs is 4. The Morgan fingerprint density at radius 3 is 2.50 bits per heavy atom. The van der Waals surface area contributed by atoms with Crippen LogP contribution in [-0.2, 0) is 19.9 Å². The van der Waals surface area contributed by atoms with Gasteiger partial charge in [-0.3, -0.25) is 24.6 Å². The number of amides is 3. The minimum atomic E-state index is -1.56. The molecule has 5 rings (SSSR count). The van der Waals surface area contributed by atoms with Crippen LogP contribution in [0, 0.1) is 17.7 Å². The highest BCUT2D eigenvalue weighted by atomic mass is 19.1. The number of hydrogen-bond donors (Lipinski definition) is 3. The molecule has 3 heterocycles. The van der Waals surface area contributed by atoms with Crippen LogP contribution in [0.1, 0.15) is 51.0 Å². The van der Waals surface area contributed by atoms with Gasteiger partial charge in [-0.1, -0.05) is 25.7 Å². The van der Waals surface area contributed by atoms with Crippen molar-refractivity contribution in [3.8, 4) is 0 Å². The lowest BCUT2D eigenvalue weighted by atomic mass is 9.76. The van der Waals surface area contributed by atoms with Gasteiger partial charge in [-0.2, -0.15) is 0 Å². The zero-order valence-electron chi connectivity index (χ0n) is 16.9. The van der Waals surface area contributed by atoms with E-state index < -0.39 is 41.2 Å². The molecule has 1 spiro atoms. The zero-order valence-corrected chi connectivity index (χ0v) is 16.9. The topological polar surface area (TPSA) is 98.7 Å². The molecule has 5 atom stereocenters. The minimum Gasteiger partial charge on any atom is -0.392 e. The molecule has 3 fully saturated rings. The number of carbonyl (C=O) groups excluding carboxylic acids is 3. The van der Waals surface area contributed by atoms with Crippen LogP contribution in [-0.4, -0.2) is 45.9 Å². The molecule has 0 bridgehead atoms. The molecule has 4 aliphatic rings. The fourth-order valence-electron chi connectivity index (χ4n) is 6.02. The Morgan fingerprint density at radius 1 is 1.13 bits per heavy atom. The van der Waals surface area contributed by atoms with Crippen LogP contribution in [0.2, 0.25) is 0 Å². The normalized spacial score (nSPS) is 34.8. The van der Waals surface area contributed by atoms with E-state index in [1.165, 1.54) is 23.1 Å². The third kappa shape index (κ3) is 2.53. The van der Waals surface area contributed by atoms with Gasteiger partial charge < -0.3 is 10.4 Å². The summed E-state index contributed by atoms with van der Waals surface area (Å²) in [6, 6.07) is 3.00. The maximum atomic E-state index is 14.1. The molecule has 1 aromatic rings. The molecule has 8 heteroatoms. The number of aliphatic hydroxyl groups is 1. The zero-order chi connectivity index (χ0) is 21.2. The van der Waals surface area contributed by atoms with Gasteiger partial charge in [0.15, 0.2) is 0 Å². The van der Waals surface area contributed by atoms with Crippen LogP contribution in [0.3, 0.4) is 0 Å². The maximum absolute atomic E-state index is 14.1. The van der Waals surface area contributed by atoms with E-state index in [4.69, 9.17) is 0 Å². The van der Waals surface area contributed by atoms with Crippen LogP contribution >= 0.6 is 0 Å². The Kier molecular flexibility index (Phi) is 4.48. The summed E-state index contributed by atoms with van der Waals surface area (Å²) < 4.78 is 14.1. The Morgan fingerprint density at radius 2 is 1.83 bits per heavy atom. The van der Waals surface area contributed by atoms with E-state index in [9.17, 15) is 23.9 Å². The summed E-state index contributed by atoms with van der Waals surface area (Å²) in [7, 11) is 0. The van der Waals surface area contributed by atoms with Crippen molar-refractivity contribution >= 4 is 23.4 Å². The molecule has 2 saturated heterocycles. The number of anilines is 1. The second-order valence-electron chi connectivity index (χ2n) is 9.06. The standard InChI is InChI=1S/C22H26FN3O4/c1-11(27)18-16-17(20(29)26(19(16)28)13-6-4-2-3-5-7-13)22(25-18)14-10-12(23)8-9-15(14)24-21(22)30/h8-11,13,16-18,25,27H,2-7H2,1H3,(H,24,30). The molecule has 3 amide bonds. The summed E-state index contributed by atoms with van der Waals surface area (Å²) in [5.41, 5.74) is -0.808. The number of nitrogens with zero attached hydrogens (tertiary/aromatic N) is 1. The van der Waals surface area contributed by atoms with Gasteiger partial charge in [-0.25, -0.2) is 4.39 Å². The number of nitrogens with one attached hydrogen (secondary N) is 2. The average molecular weight is 415 g/mol. The SMILES string of the molecule is CC(O)C1NC2(C(=O)Nc3ccc(F)cc32)C2C(=O)N(C3CCCCCC3)C(=O)C12. The van der Waals surface area contributed by atoms with Crippen LogP contribution < -0.4 is 10.6 Å². The van der Waals surface area contributed by atoms with E-state index in [1.54, 1.807) is 6.92 Å². The van der Waals surface area contributed by atoms with Crippen molar-refractivity contribution in [1.82, 2.24) is 10.2 Å². The molecule has 3 N–H and O–H groups in total. The van der Waals surface area contributed by atoms with E-state index in [-0.39, 0.29) is 17.9 Å². The van der Waals surface area contributed by atoms with E-state index in [2.05, 4.69) is 10.6 Å². The van der Waals surface area contributed by atoms with Gasteiger partial charge in [0.1, 0.15) is 11.4 Å². The lowest BCUT2D eigenvalue weighted by molar-refractivity contribution is -0.146. The van der Waals surface area contributed by atoms with Crippen LogP contribution in [0.25, 0.3) is 0 Å². The number of carbonyl (C=O) groups is 3. The molecule has 1 aliphatic carbocycles. The average Bonchev–Trinajstić information content (AvgIpc) is 3.18. The number of hydrogen-bond acceptors (Lipinski definition) is 5. The smallest absolute Gasteiger partial charge is 0.250 e. The lowest BCUT2D eigenvalue weighted by Gasteiger charge is -2.32. The molecule has 160 valence electrons. The molecule has 1 aromatic carbocycles. The van der Waals surface area contributed by atoms with E-state index in [1.807, 2.05) is 0 Å². The number of imide groups is 1. The lowest BCUT2D eigenvalue weighted by Crippen LogP contribution is -2.55. The third-order valence-corrected chi connectivity index (χ3v) is 7.36. The Bertz CT molecular complexity index is 927. The first-order valence-electron chi connectivity index (χ1n) is 10.8. The number of halogens is 1. The fraction of sp³-hybridized carbons (Fsp3) is 0.591. The summed E-state index contributed by atoms with van der Waals surface area (Å²) in [6.45, 7) is 1.54. The second kappa shape index (κ2) is 6.85. The van der Waals surface area contributed by atoms with Crippen LogP contribution in [0.4, 0.5) is 10.1 Å². The molecular weight excluding hydrogens is 389 g/mol. The highest BCUT2D eigenvalue weighted by Gasteiger charge is 2.71. The molecule has 0 aromatic heterocycles. The number of aliphatic hydroxyl groups excluding tert-OH is 1. The van der Waals surface area contributed by atoms with E-state index in [0.717, 1.165) is 38.5 Å². The van der Waals surface area contributed by atoms with Crippen molar-refractivity contribution in [3.05, 3.63) is 29.6 Å². The number of likely N-dealkylation sites (tertiary alicyclic amines) is 1. The molecule has 30 heavy (non-hydrogen) atoms.